The van der Waals surface area contributed by atoms with Gasteiger partial charge in [-0.25, -0.2) is 0 Å². The maximum Gasteiger partial charge on any atom is 0.257 e. The number of pyridine rings is 1. The second-order valence-electron chi connectivity index (χ2n) is 6.14. The van der Waals surface area contributed by atoms with E-state index >= 15 is 0 Å². The number of hydrogen-bond donors (Lipinski definition) is 2. The standard InChI is InChI=1S/C21H20N4O2/c1-25(2)17-11-9-15(10-12-17)20(26)23-18-7-3-4-8-19(18)24-21(27)16-6-5-13-22-14-16/h3-14H,1-2H3,(H,23,26)(H,24,27). The Hall–Kier alpha value is -3.67. The number of nitrogens with zero attached hydrogens (tertiary/aromatic N) is 2. The molecule has 2 amide bonds. The molecule has 0 spiro atoms. The van der Waals surface area contributed by atoms with Crippen LogP contribution in [-0.4, -0.2) is 30.9 Å². The van der Waals surface area contributed by atoms with E-state index in [-0.39, 0.29) is 11.8 Å². The number of nitrogens with one attached hydrogen (secondary N) is 2. The van der Waals surface area contributed by atoms with Crippen LogP contribution in [0.3, 0.4) is 0 Å². The first-order chi connectivity index (χ1) is 13.0. The van der Waals surface area contributed by atoms with Gasteiger partial charge >= 0.3 is 0 Å². The molecule has 0 atom stereocenters. The number of amides is 2. The van der Waals surface area contributed by atoms with Crippen LogP contribution in [0.2, 0.25) is 0 Å². The first-order valence-electron chi connectivity index (χ1n) is 8.44. The van der Waals surface area contributed by atoms with E-state index in [1.807, 2.05) is 31.1 Å². The van der Waals surface area contributed by atoms with Gasteiger partial charge in [-0.05, 0) is 48.5 Å². The second kappa shape index (κ2) is 8.14. The smallest absolute Gasteiger partial charge is 0.257 e. The first kappa shape index (κ1) is 18.1. The summed E-state index contributed by atoms with van der Waals surface area (Å²) in [4.78, 5) is 30.8. The average Bonchev–Trinajstić information content (AvgIpc) is 2.70. The van der Waals surface area contributed by atoms with Crippen molar-refractivity contribution in [2.75, 3.05) is 29.6 Å². The van der Waals surface area contributed by atoms with Crippen LogP contribution in [0.1, 0.15) is 20.7 Å². The Bertz CT molecular complexity index is 938. The molecule has 136 valence electrons. The van der Waals surface area contributed by atoms with Gasteiger partial charge in [-0.2, -0.15) is 0 Å². The molecular weight excluding hydrogens is 340 g/mol. The lowest BCUT2D eigenvalue weighted by molar-refractivity contribution is 0.101. The van der Waals surface area contributed by atoms with Crippen molar-refractivity contribution in [1.82, 2.24) is 4.98 Å². The number of carbonyl (C=O) groups is 2. The Kier molecular flexibility index (Phi) is 5.47. The summed E-state index contributed by atoms with van der Waals surface area (Å²) in [5.41, 5.74) is 3.03. The molecule has 0 aliphatic carbocycles. The molecule has 0 saturated heterocycles. The number of carbonyl (C=O) groups excluding carboxylic acids is 2. The number of para-hydroxylation sites is 2. The van der Waals surface area contributed by atoms with E-state index < -0.39 is 0 Å². The van der Waals surface area contributed by atoms with Gasteiger partial charge in [-0.15, -0.1) is 0 Å². The fraction of sp³-hybridized carbons (Fsp3) is 0.0952. The third-order valence-electron chi connectivity index (χ3n) is 3.99. The molecule has 0 bridgehead atoms. The number of anilines is 3. The zero-order valence-corrected chi connectivity index (χ0v) is 15.1. The van der Waals surface area contributed by atoms with Gasteiger partial charge in [0.05, 0.1) is 16.9 Å². The molecular formula is C21H20N4O2. The molecule has 0 aliphatic heterocycles. The van der Waals surface area contributed by atoms with Gasteiger partial charge in [0.15, 0.2) is 0 Å². The largest absolute Gasteiger partial charge is 0.378 e. The minimum atomic E-state index is -0.292. The van der Waals surface area contributed by atoms with Gasteiger partial charge in [-0.1, -0.05) is 12.1 Å². The lowest BCUT2D eigenvalue weighted by atomic mass is 10.1. The van der Waals surface area contributed by atoms with Crippen molar-refractivity contribution in [2.45, 2.75) is 0 Å². The summed E-state index contributed by atoms with van der Waals surface area (Å²) in [5, 5.41) is 5.66. The van der Waals surface area contributed by atoms with Crippen molar-refractivity contribution in [1.29, 1.82) is 0 Å². The van der Waals surface area contributed by atoms with E-state index in [4.69, 9.17) is 0 Å². The summed E-state index contributed by atoms with van der Waals surface area (Å²) in [6.07, 6.45) is 3.09. The van der Waals surface area contributed by atoms with Gasteiger partial charge in [0, 0.05) is 37.7 Å². The molecule has 0 unspecified atom stereocenters. The Balaban J connectivity index is 1.75. The van der Waals surface area contributed by atoms with Crippen molar-refractivity contribution in [2.24, 2.45) is 0 Å². The topological polar surface area (TPSA) is 74.3 Å². The minimum absolute atomic E-state index is 0.247. The highest BCUT2D eigenvalue weighted by atomic mass is 16.2. The fourth-order valence-electron chi connectivity index (χ4n) is 2.50. The van der Waals surface area contributed by atoms with Crippen LogP contribution in [0, 0.1) is 0 Å². The molecule has 6 heteroatoms. The van der Waals surface area contributed by atoms with Gasteiger partial charge in [-0.3, -0.25) is 14.6 Å². The lowest BCUT2D eigenvalue weighted by Crippen LogP contribution is -2.17. The third-order valence-corrected chi connectivity index (χ3v) is 3.99. The molecule has 2 N–H and O–H groups in total. The van der Waals surface area contributed by atoms with Crippen LogP contribution >= 0.6 is 0 Å². The highest BCUT2D eigenvalue weighted by molar-refractivity contribution is 6.09. The Labute approximate surface area is 157 Å². The fourth-order valence-corrected chi connectivity index (χ4v) is 2.50. The highest BCUT2D eigenvalue weighted by Gasteiger charge is 2.12. The number of rotatable bonds is 5. The van der Waals surface area contributed by atoms with E-state index in [2.05, 4.69) is 15.6 Å². The van der Waals surface area contributed by atoms with Gasteiger partial charge in [0.1, 0.15) is 0 Å². The molecule has 6 nitrogen and oxygen atoms in total. The molecule has 3 aromatic rings. The average molecular weight is 360 g/mol. The van der Waals surface area contributed by atoms with Gasteiger partial charge in [0.25, 0.3) is 11.8 Å². The Morgan fingerprint density at radius 3 is 1.89 bits per heavy atom. The molecule has 2 aromatic carbocycles. The molecule has 0 aliphatic rings. The van der Waals surface area contributed by atoms with E-state index in [0.717, 1.165) is 5.69 Å². The molecule has 0 fully saturated rings. The molecule has 1 aromatic heterocycles. The summed E-state index contributed by atoms with van der Waals surface area (Å²) in [5.74, 6) is -0.538. The summed E-state index contributed by atoms with van der Waals surface area (Å²) in [6, 6.07) is 17.7. The maximum atomic E-state index is 12.6. The SMILES string of the molecule is CN(C)c1ccc(C(=O)Nc2ccccc2NC(=O)c2cccnc2)cc1. The van der Waals surface area contributed by atoms with Crippen molar-refractivity contribution >= 4 is 28.9 Å². The van der Waals surface area contributed by atoms with Crippen LogP contribution in [-0.2, 0) is 0 Å². The predicted molar refractivity (Wildman–Crippen MR) is 107 cm³/mol. The summed E-state index contributed by atoms with van der Waals surface area (Å²) in [7, 11) is 3.88. The Morgan fingerprint density at radius 2 is 1.37 bits per heavy atom. The normalized spacial score (nSPS) is 10.1. The first-order valence-corrected chi connectivity index (χ1v) is 8.44. The van der Waals surface area contributed by atoms with Gasteiger partial charge < -0.3 is 15.5 Å². The van der Waals surface area contributed by atoms with Crippen LogP contribution in [0.15, 0.2) is 73.1 Å². The second-order valence-corrected chi connectivity index (χ2v) is 6.14. The monoisotopic (exact) mass is 360 g/mol. The quantitative estimate of drug-likeness (QED) is 0.728. The molecule has 0 radical (unpaired) electrons. The molecule has 3 rings (SSSR count). The summed E-state index contributed by atoms with van der Waals surface area (Å²) < 4.78 is 0. The third kappa shape index (κ3) is 4.49. The van der Waals surface area contributed by atoms with Crippen LogP contribution in [0.25, 0.3) is 0 Å². The Morgan fingerprint density at radius 1 is 0.778 bits per heavy atom. The van der Waals surface area contributed by atoms with Gasteiger partial charge in [0.2, 0.25) is 0 Å². The van der Waals surface area contributed by atoms with Crippen molar-refractivity contribution in [3.05, 3.63) is 84.2 Å². The summed E-state index contributed by atoms with van der Waals surface area (Å²) >= 11 is 0. The molecule has 27 heavy (non-hydrogen) atoms. The zero-order valence-electron chi connectivity index (χ0n) is 15.1. The number of hydrogen-bond acceptors (Lipinski definition) is 4. The van der Waals surface area contributed by atoms with Crippen LogP contribution in [0.5, 0.6) is 0 Å². The van der Waals surface area contributed by atoms with E-state index in [1.165, 1.54) is 6.20 Å². The number of benzene rings is 2. The van der Waals surface area contributed by atoms with Crippen molar-refractivity contribution in [3.63, 3.8) is 0 Å². The highest BCUT2D eigenvalue weighted by Crippen LogP contribution is 2.23. The predicted octanol–water partition coefficient (Wildman–Crippen LogP) is 3.65. The number of aromatic nitrogens is 1. The van der Waals surface area contributed by atoms with E-state index in [0.29, 0.717) is 22.5 Å². The van der Waals surface area contributed by atoms with Crippen LogP contribution < -0.4 is 15.5 Å². The van der Waals surface area contributed by atoms with Crippen LogP contribution in [0.4, 0.5) is 17.1 Å². The molecule has 0 saturated carbocycles. The van der Waals surface area contributed by atoms with E-state index in [9.17, 15) is 9.59 Å². The maximum absolute atomic E-state index is 12.6. The van der Waals surface area contributed by atoms with Crippen molar-refractivity contribution in [3.8, 4) is 0 Å². The molecule has 1 heterocycles. The minimum Gasteiger partial charge on any atom is -0.378 e. The van der Waals surface area contributed by atoms with Crippen molar-refractivity contribution < 1.29 is 9.59 Å². The lowest BCUT2D eigenvalue weighted by Gasteiger charge is -2.14. The zero-order chi connectivity index (χ0) is 19.2. The summed E-state index contributed by atoms with van der Waals surface area (Å²) in [6.45, 7) is 0. The van der Waals surface area contributed by atoms with E-state index in [1.54, 1.807) is 54.7 Å².